The van der Waals surface area contributed by atoms with Crippen molar-refractivity contribution in [1.82, 2.24) is 0 Å². The second-order valence-corrected chi connectivity index (χ2v) is 7.42. The normalized spacial score (nSPS) is 10.9. The number of nitro groups is 2. The predicted octanol–water partition coefficient (Wildman–Crippen LogP) is 5.99. The summed E-state index contributed by atoms with van der Waals surface area (Å²) in [6.45, 7) is 3.87. The molecule has 0 aromatic heterocycles. The summed E-state index contributed by atoms with van der Waals surface area (Å²) in [5.41, 5.74) is 2.84. The number of non-ortho nitro benzene ring substituents is 1. The third-order valence-electron chi connectivity index (χ3n) is 4.32. The van der Waals surface area contributed by atoms with Crippen molar-refractivity contribution >= 4 is 41.0 Å². The second kappa shape index (κ2) is 9.19. The van der Waals surface area contributed by atoms with Crippen LogP contribution in [-0.4, -0.2) is 16.2 Å². The summed E-state index contributed by atoms with van der Waals surface area (Å²) in [6, 6.07) is 18.8. The van der Waals surface area contributed by atoms with Crippen LogP contribution in [-0.2, 0) is 0 Å². The number of aryl methyl sites for hydroxylation is 2. The van der Waals surface area contributed by atoms with E-state index in [9.17, 15) is 20.2 Å². The van der Waals surface area contributed by atoms with E-state index in [-0.39, 0.29) is 16.3 Å². The van der Waals surface area contributed by atoms with Crippen molar-refractivity contribution in [3.8, 4) is 0 Å². The highest BCUT2D eigenvalue weighted by molar-refractivity contribution is 8.01. The second-order valence-electron chi connectivity index (χ2n) is 6.40. The maximum Gasteiger partial charge on any atom is 0.291 e. The smallest absolute Gasteiger partial charge is 0.270 e. The quantitative estimate of drug-likeness (QED) is 0.152. The van der Waals surface area contributed by atoms with Gasteiger partial charge < -0.3 is 0 Å². The minimum absolute atomic E-state index is 0.269. The molecule has 0 aliphatic rings. The Bertz CT molecular complexity index is 1130. The molecule has 0 bridgehead atoms. The molecule has 0 saturated heterocycles. The van der Waals surface area contributed by atoms with Crippen molar-refractivity contribution in [1.29, 1.82) is 0 Å². The molecule has 3 aromatic carbocycles. The Hall–Kier alpha value is -3.72. The van der Waals surface area contributed by atoms with Crippen LogP contribution in [0.3, 0.4) is 0 Å². The van der Waals surface area contributed by atoms with Gasteiger partial charge in [0.15, 0.2) is 0 Å². The number of nitro benzene ring substituents is 2. The first kappa shape index (κ1) is 21.0. The van der Waals surface area contributed by atoms with Crippen molar-refractivity contribution in [2.75, 3.05) is 4.31 Å². The molecule has 0 saturated carbocycles. The van der Waals surface area contributed by atoms with E-state index in [1.54, 1.807) is 10.6 Å². The maximum absolute atomic E-state index is 11.5. The summed E-state index contributed by atoms with van der Waals surface area (Å²) in [4.78, 5) is 26.1. The molecule has 0 aliphatic heterocycles. The first-order chi connectivity index (χ1) is 14.4. The molecule has 9 heteroatoms. The fourth-order valence-electron chi connectivity index (χ4n) is 2.71. The zero-order chi connectivity index (χ0) is 21.7. The molecule has 0 aliphatic carbocycles. The van der Waals surface area contributed by atoms with E-state index in [0.29, 0.717) is 0 Å². The van der Waals surface area contributed by atoms with Gasteiger partial charge in [-0.15, -0.1) is 0 Å². The zero-order valence-corrected chi connectivity index (χ0v) is 17.1. The Labute approximate surface area is 177 Å². The number of hydrogen-bond donors (Lipinski definition) is 0. The number of nitrogens with zero attached hydrogens (tertiary/aromatic N) is 4. The van der Waals surface area contributed by atoms with Crippen molar-refractivity contribution in [2.45, 2.75) is 18.7 Å². The SMILES string of the molecule is Cc1ccccc1N=CN(Sc1ccc([N+](=O)[O-])cc1[N+](=O)[O-])c1ccccc1C. The monoisotopic (exact) mass is 422 g/mol. The average Bonchev–Trinajstić information content (AvgIpc) is 2.72. The van der Waals surface area contributed by atoms with E-state index < -0.39 is 9.85 Å². The van der Waals surface area contributed by atoms with Crippen LogP contribution in [0.4, 0.5) is 22.7 Å². The van der Waals surface area contributed by atoms with Gasteiger partial charge in [-0.3, -0.25) is 24.5 Å². The van der Waals surface area contributed by atoms with Gasteiger partial charge >= 0.3 is 0 Å². The fourth-order valence-corrected chi connectivity index (χ4v) is 3.68. The van der Waals surface area contributed by atoms with Gasteiger partial charge in [0.1, 0.15) is 11.2 Å². The predicted molar refractivity (Wildman–Crippen MR) is 119 cm³/mol. The molecule has 3 aromatic rings. The summed E-state index contributed by atoms with van der Waals surface area (Å²) in [6.07, 6.45) is 1.60. The first-order valence-corrected chi connectivity index (χ1v) is 9.69. The van der Waals surface area contributed by atoms with Crippen molar-refractivity contribution in [2.24, 2.45) is 4.99 Å². The summed E-state index contributed by atoms with van der Waals surface area (Å²) >= 11 is 1.08. The minimum Gasteiger partial charge on any atom is -0.270 e. The Kier molecular flexibility index (Phi) is 6.43. The van der Waals surface area contributed by atoms with Crippen LogP contribution in [0.25, 0.3) is 0 Å². The van der Waals surface area contributed by atoms with Gasteiger partial charge in [-0.1, -0.05) is 36.4 Å². The van der Waals surface area contributed by atoms with E-state index in [2.05, 4.69) is 4.99 Å². The molecular formula is C21H18N4O4S. The van der Waals surface area contributed by atoms with E-state index in [1.165, 1.54) is 12.1 Å². The van der Waals surface area contributed by atoms with Crippen LogP contribution in [0.1, 0.15) is 11.1 Å². The van der Waals surface area contributed by atoms with E-state index in [4.69, 9.17) is 0 Å². The Morgan fingerprint density at radius 1 is 0.900 bits per heavy atom. The lowest BCUT2D eigenvalue weighted by molar-refractivity contribution is -0.396. The number of rotatable bonds is 7. The topological polar surface area (TPSA) is 102 Å². The molecule has 0 heterocycles. The van der Waals surface area contributed by atoms with Gasteiger partial charge in [0.05, 0.1) is 27.3 Å². The van der Waals surface area contributed by atoms with Crippen molar-refractivity contribution < 1.29 is 9.85 Å². The van der Waals surface area contributed by atoms with Gasteiger partial charge in [-0.25, -0.2) is 4.99 Å². The summed E-state index contributed by atoms with van der Waals surface area (Å²) in [5.74, 6) is 0. The lowest BCUT2D eigenvalue weighted by Crippen LogP contribution is -2.13. The van der Waals surface area contributed by atoms with Gasteiger partial charge in [0, 0.05) is 18.0 Å². The number of anilines is 1. The molecule has 30 heavy (non-hydrogen) atoms. The molecular weight excluding hydrogens is 404 g/mol. The van der Waals surface area contributed by atoms with E-state index >= 15 is 0 Å². The van der Waals surface area contributed by atoms with Gasteiger partial charge in [-0.2, -0.15) is 0 Å². The van der Waals surface area contributed by atoms with E-state index in [1.807, 2.05) is 62.4 Å². The number of aliphatic imine (C=N–C) groups is 1. The highest BCUT2D eigenvalue weighted by Gasteiger charge is 2.22. The van der Waals surface area contributed by atoms with E-state index in [0.717, 1.165) is 40.5 Å². The summed E-state index contributed by atoms with van der Waals surface area (Å²) < 4.78 is 1.72. The highest BCUT2D eigenvalue weighted by Crippen LogP contribution is 2.37. The lowest BCUT2D eigenvalue weighted by Gasteiger charge is -2.20. The largest absolute Gasteiger partial charge is 0.291 e. The molecule has 0 atom stereocenters. The molecule has 0 unspecified atom stereocenters. The lowest BCUT2D eigenvalue weighted by atomic mass is 10.2. The van der Waals surface area contributed by atoms with Crippen LogP contribution in [0, 0.1) is 34.1 Å². The standard InChI is InChI=1S/C21H18N4O4S/c1-15-7-3-5-9-18(15)22-14-23(19-10-6-4-8-16(19)2)30-21-12-11-17(24(26)27)13-20(21)25(28)29/h3-14H,1-2H3. The van der Waals surface area contributed by atoms with Crippen LogP contribution < -0.4 is 4.31 Å². The number of benzene rings is 3. The maximum atomic E-state index is 11.5. The Morgan fingerprint density at radius 2 is 1.57 bits per heavy atom. The van der Waals surface area contributed by atoms with Crippen LogP contribution >= 0.6 is 11.9 Å². The summed E-state index contributed by atoms with van der Waals surface area (Å²) in [7, 11) is 0. The van der Waals surface area contributed by atoms with Crippen molar-refractivity contribution in [3.63, 3.8) is 0 Å². The molecule has 3 rings (SSSR count). The molecule has 0 spiro atoms. The minimum atomic E-state index is -0.653. The highest BCUT2D eigenvalue weighted by atomic mass is 32.2. The first-order valence-electron chi connectivity index (χ1n) is 8.92. The van der Waals surface area contributed by atoms with Gasteiger partial charge in [0.2, 0.25) is 0 Å². The van der Waals surface area contributed by atoms with Crippen LogP contribution in [0.2, 0.25) is 0 Å². The fraction of sp³-hybridized carbons (Fsp3) is 0.0952. The van der Waals surface area contributed by atoms with Crippen molar-refractivity contribution in [3.05, 3.63) is 98.1 Å². The van der Waals surface area contributed by atoms with Gasteiger partial charge in [0.25, 0.3) is 11.4 Å². The third-order valence-corrected chi connectivity index (χ3v) is 5.35. The molecule has 0 fully saturated rings. The van der Waals surface area contributed by atoms with Gasteiger partial charge in [-0.05, 0) is 43.2 Å². The number of hydrogen-bond acceptors (Lipinski definition) is 6. The van der Waals surface area contributed by atoms with Crippen LogP contribution in [0.15, 0.2) is 76.6 Å². The Morgan fingerprint density at radius 3 is 2.20 bits per heavy atom. The molecule has 0 N–H and O–H groups in total. The number of para-hydroxylation sites is 2. The Balaban J connectivity index is 2.04. The summed E-state index contributed by atoms with van der Waals surface area (Å²) in [5, 5.41) is 22.5. The molecule has 0 radical (unpaired) electrons. The van der Waals surface area contributed by atoms with Crippen LogP contribution in [0.5, 0.6) is 0 Å². The average molecular weight is 422 g/mol. The molecule has 8 nitrogen and oxygen atoms in total. The third kappa shape index (κ3) is 4.81. The zero-order valence-electron chi connectivity index (χ0n) is 16.3. The molecule has 152 valence electrons. The molecule has 0 amide bonds.